The standard InChI is InChI=1S/C21H24FN3O2/c1-15(7-8-16-5-3-2-4-6-16)23-21(27)24-18-13-20(26)25(14-18)19-11-9-17(22)10-12-19/h2-6,9-12,15,18H,7-8,13-14H2,1H3,(H2,23,24,27)/t15-,18-/m1/s1. The summed E-state index contributed by atoms with van der Waals surface area (Å²) in [5.74, 6) is -0.423. The van der Waals surface area contributed by atoms with Crippen molar-refractivity contribution in [2.24, 2.45) is 0 Å². The molecule has 1 aliphatic heterocycles. The summed E-state index contributed by atoms with van der Waals surface area (Å²) in [4.78, 5) is 26.0. The number of halogens is 1. The minimum atomic E-state index is -0.344. The largest absolute Gasteiger partial charge is 0.336 e. The van der Waals surface area contributed by atoms with E-state index in [1.54, 1.807) is 17.0 Å². The highest BCUT2D eigenvalue weighted by Gasteiger charge is 2.31. The number of benzene rings is 2. The Hall–Kier alpha value is -2.89. The number of carbonyl (C=O) groups is 2. The van der Waals surface area contributed by atoms with E-state index >= 15 is 0 Å². The molecular formula is C21H24FN3O2. The van der Waals surface area contributed by atoms with Gasteiger partial charge in [0.15, 0.2) is 0 Å². The van der Waals surface area contributed by atoms with Crippen molar-refractivity contribution >= 4 is 17.6 Å². The molecule has 2 aromatic rings. The second-order valence-corrected chi connectivity index (χ2v) is 6.92. The Labute approximate surface area is 158 Å². The van der Waals surface area contributed by atoms with Crippen molar-refractivity contribution in [3.8, 4) is 0 Å². The molecule has 3 amide bonds. The summed E-state index contributed by atoms with van der Waals surface area (Å²) in [6, 6.07) is 15.4. The lowest BCUT2D eigenvalue weighted by molar-refractivity contribution is -0.117. The monoisotopic (exact) mass is 369 g/mol. The molecule has 3 rings (SSSR count). The summed E-state index contributed by atoms with van der Waals surface area (Å²) in [7, 11) is 0. The molecule has 0 aromatic heterocycles. The Morgan fingerprint density at radius 3 is 2.59 bits per heavy atom. The van der Waals surface area contributed by atoms with Crippen molar-refractivity contribution in [2.45, 2.75) is 38.3 Å². The molecule has 6 heteroatoms. The average molecular weight is 369 g/mol. The molecule has 1 heterocycles. The lowest BCUT2D eigenvalue weighted by atomic mass is 10.1. The van der Waals surface area contributed by atoms with Crippen molar-refractivity contribution in [1.29, 1.82) is 0 Å². The van der Waals surface area contributed by atoms with Crippen LogP contribution in [-0.2, 0) is 11.2 Å². The van der Waals surface area contributed by atoms with Crippen LogP contribution in [0.3, 0.4) is 0 Å². The van der Waals surface area contributed by atoms with E-state index < -0.39 is 0 Å². The van der Waals surface area contributed by atoms with E-state index in [0.717, 1.165) is 12.8 Å². The summed E-state index contributed by atoms with van der Waals surface area (Å²) in [5, 5.41) is 5.79. The zero-order chi connectivity index (χ0) is 19.2. The van der Waals surface area contributed by atoms with Crippen LogP contribution >= 0.6 is 0 Å². The first-order chi connectivity index (χ1) is 13.0. The highest BCUT2D eigenvalue weighted by molar-refractivity contribution is 5.96. The molecule has 0 unspecified atom stereocenters. The van der Waals surface area contributed by atoms with Crippen LogP contribution < -0.4 is 15.5 Å². The van der Waals surface area contributed by atoms with E-state index in [2.05, 4.69) is 22.8 Å². The van der Waals surface area contributed by atoms with Gasteiger partial charge in [-0.2, -0.15) is 0 Å². The second kappa shape index (κ2) is 8.66. The maximum atomic E-state index is 13.0. The second-order valence-electron chi connectivity index (χ2n) is 6.92. The minimum Gasteiger partial charge on any atom is -0.336 e. The van der Waals surface area contributed by atoms with Gasteiger partial charge in [0.05, 0.1) is 6.04 Å². The molecule has 142 valence electrons. The van der Waals surface area contributed by atoms with Crippen LogP contribution in [0, 0.1) is 5.82 Å². The number of amides is 3. The first-order valence-corrected chi connectivity index (χ1v) is 9.18. The van der Waals surface area contributed by atoms with Gasteiger partial charge in [0, 0.05) is 24.7 Å². The summed E-state index contributed by atoms with van der Waals surface area (Å²) >= 11 is 0. The molecule has 1 saturated heterocycles. The van der Waals surface area contributed by atoms with E-state index in [1.807, 2.05) is 25.1 Å². The van der Waals surface area contributed by atoms with Gasteiger partial charge < -0.3 is 15.5 Å². The van der Waals surface area contributed by atoms with E-state index in [9.17, 15) is 14.0 Å². The van der Waals surface area contributed by atoms with Crippen LogP contribution in [0.25, 0.3) is 0 Å². The van der Waals surface area contributed by atoms with Gasteiger partial charge in [0.2, 0.25) is 5.91 Å². The summed E-state index contributed by atoms with van der Waals surface area (Å²) in [6.07, 6.45) is 1.97. The predicted molar refractivity (Wildman–Crippen MR) is 103 cm³/mol. The third-order valence-electron chi connectivity index (χ3n) is 4.68. The summed E-state index contributed by atoms with van der Waals surface area (Å²) in [5.41, 5.74) is 1.88. The molecule has 0 aliphatic carbocycles. The fraction of sp³-hybridized carbons (Fsp3) is 0.333. The van der Waals surface area contributed by atoms with Gasteiger partial charge in [-0.05, 0) is 49.6 Å². The van der Waals surface area contributed by atoms with Crippen molar-refractivity contribution < 1.29 is 14.0 Å². The van der Waals surface area contributed by atoms with Crippen LogP contribution in [0.1, 0.15) is 25.3 Å². The molecule has 0 radical (unpaired) electrons. The van der Waals surface area contributed by atoms with Gasteiger partial charge in [-0.25, -0.2) is 9.18 Å². The Morgan fingerprint density at radius 1 is 1.19 bits per heavy atom. The third-order valence-corrected chi connectivity index (χ3v) is 4.68. The van der Waals surface area contributed by atoms with E-state index in [4.69, 9.17) is 0 Å². The number of aryl methyl sites for hydroxylation is 1. The first-order valence-electron chi connectivity index (χ1n) is 9.18. The maximum absolute atomic E-state index is 13.0. The van der Waals surface area contributed by atoms with Crippen LogP contribution in [0.2, 0.25) is 0 Å². The lowest BCUT2D eigenvalue weighted by Crippen LogP contribution is -2.46. The normalized spacial score (nSPS) is 17.6. The highest BCUT2D eigenvalue weighted by atomic mass is 19.1. The summed E-state index contributed by atoms with van der Waals surface area (Å²) in [6.45, 7) is 2.35. The van der Waals surface area contributed by atoms with Gasteiger partial charge in [-0.3, -0.25) is 4.79 Å². The number of urea groups is 1. The minimum absolute atomic E-state index is 0.0236. The van der Waals surface area contributed by atoms with Crippen LogP contribution in [-0.4, -0.2) is 30.6 Å². The molecule has 5 nitrogen and oxygen atoms in total. The van der Waals surface area contributed by atoms with E-state index in [1.165, 1.54) is 17.7 Å². The molecule has 2 aromatic carbocycles. The van der Waals surface area contributed by atoms with Gasteiger partial charge in [0.25, 0.3) is 0 Å². The van der Waals surface area contributed by atoms with Gasteiger partial charge in [-0.1, -0.05) is 30.3 Å². The van der Waals surface area contributed by atoms with Gasteiger partial charge in [-0.15, -0.1) is 0 Å². The van der Waals surface area contributed by atoms with Crippen molar-refractivity contribution in [2.75, 3.05) is 11.4 Å². The summed E-state index contributed by atoms with van der Waals surface area (Å²) < 4.78 is 13.0. The molecule has 0 saturated carbocycles. The lowest BCUT2D eigenvalue weighted by Gasteiger charge is -2.19. The van der Waals surface area contributed by atoms with Crippen molar-refractivity contribution in [3.05, 3.63) is 66.0 Å². The van der Waals surface area contributed by atoms with E-state index in [-0.39, 0.29) is 36.3 Å². The van der Waals surface area contributed by atoms with Crippen LogP contribution in [0.15, 0.2) is 54.6 Å². The zero-order valence-corrected chi connectivity index (χ0v) is 15.3. The van der Waals surface area contributed by atoms with Gasteiger partial charge in [0.1, 0.15) is 5.82 Å². The highest BCUT2D eigenvalue weighted by Crippen LogP contribution is 2.21. The number of anilines is 1. The van der Waals surface area contributed by atoms with Crippen LogP contribution in [0.5, 0.6) is 0 Å². The molecule has 0 spiro atoms. The Balaban J connectivity index is 1.45. The van der Waals surface area contributed by atoms with Crippen LogP contribution in [0.4, 0.5) is 14.9 Å². The van der Waals surface area contributed by atoms with Crippen molar-refractivity contribution in [1.82, 2.24) is 10.6 Å². The first kappa shape index (κ1) is 18.9. The molecule has 2 atom stereocenters. The molecule has 1 fully saturated rings. The number of rotatable bonds is 6. The predicted octanol–water partition coefficient (Wildman–Crippen LogP) is 3.25. The Kier molecular flexibility index (Phi) is 6.06. The third kappa shape index (κ3) is 5.29. The number of hydrogen-bond donors (Lipinski definition) is 2. The number of hydrogen-bond acceptors (Lipinski definition) is 2. The number of nitrogens with one attached hydrogen (secondary N) is 2. The topological polar surface area (TPSA) is 61.4 Å². The fourth-order valence-electron chi connectivity index (χ4n) is 3.23. The molecular weight excluding hydrogens is 345 g/mol. The molecule has 27 heavy (non-hydrogen) atoms. The van der Waals surface area contributed by atoms with E-state index in [0.29, 0.717) is 12.2 Å². The maximum Gasteiger partial charge on any atom is 0.315 e. The van der Waals surface area contributed by atoms with Crippen molar-refractivity contribution in [3.63, 3.8) is 0 Å². The number of nitrogens with zero attached hydrogens (tertiary/aromatic N) is 1. The quantitative estimate of drug-likeness (QED) is 0.821. The zero-order valence-electron chi connectivity index (χ0n) is 15.3. The number of carbonyl (C=O) groups excluding carboxylic acids is 2. The Morgan fingerprint density at radius 2 is 1.89 bits per heavy atom. The average Bonchev–Trinajstić information content (AvgIpc) is 3.01. The molecule has 1 aliphatic rings. The smallest absolute Gasteiger partial charge is 0.315 e. The SMILES string of the molecule is C[C@H](CCc1ccccc1)NC(=O)N[C@@H]1CC(=O)N(c2ccc(F)cc2)C1. The molecule has 2 N–H and O–H groups in total. The Bertz CT molecular complexity index is 780. The molecule has 0 bridgehead atoms. The van der Waals surface area contributed by atoms with Gasteiger partial charge >= 0.3 is 6.03 Å². The fourth-order valence-corrected chi connectivity index (χ4v) is 3.23.